The molecule has 0 aliphatic carbocycles. The molecule has 0 saturated carbocycles. The number of hydrogen-bond donors (Lipinski definition) is 3. The molecule has 11 nitrogen and oxygen atoms in total. The molecule has 0 aliphatic heterocycles. The topological polar surface area (TPSA) is 153 Å². The molecule has 4 aromatic rings. The van der Waals surface area contributed by atoms with Gasteiger partial charge in [0.15, 0.2) is 0 Å². The summed E-state index contributed by atoms with van der Waals surface area (Å²) < 4.78 is 67.3. The van der Waals surface area contributed by atoms with Gasteiger partial charge in [0, 0.05) is 35.3 Å². The highest BCUT2D eigenvalue weighted by atomic mass is 32.2. The number of carbonyl (C=O) groups is 1. The number of aromatic nitrogens is 3. The summed E-state index contributed by atoms with van der Waals surface area (Å²) in [6.45, 7) is 2.24. The summed E-state index contributed by atoms with van der Waals surface area (Å²) >= 11 is 0. The number of unbranched alkanes of at least 4 members (excludes halogenated alkanes) is 4. The molecule has 3 N–H and O–H groups in total. The lowest BCUT2D eigenvalue weighted by Crippen LogP contribution is -2.17. The molecule has 0 saturated heterocycles. The lowest BCUT2D eigenvalue weighted by atomic mass is 10.0. The predicted molar refractivity (Wildman–Crippen MR) is 154 cm³/mol. The van der Waals surface area contributed by atoms with E-state index >= 15 is 0 Å². The van der Waals surface area contributed by atoms with Gasteiger partial charge in [-0.3, -0.25) is 14.7 Å². The Bertz CT molecular complexity index is 1720. The van der Waals surface area contributed by atoms with Gasteiger partial charge in [0.2, 0.25) is 11.8 Å². The van der Waals surface area contributed by atoms with Crippen LogP contribution < -0.4 is 19.7 Å². The van der Waals surface area contributed by atoms with E-state index in [1.165, 1.54) is 25.7 Å². The van der Waals surface area contributed by atoms with Gasteiger partial charge < -0.3 is 9.47 Å². The van der Waals surface area contributed by atoms with Crippen LogP contribution in [-0.2, 0) is 14.8 Å². The van der Waals surface area contributed by atoms with Crippen molar-refractivity contribution >= 4 is 32.5 Å². The molecule has 0 fully saturated rings. The third kappa shape index (κ3) is 7.90. The minimum Gasteiger partial charge on any atom is -0.491 e. The smallest absolute Gasteiger partial charge is 0.264 e. The highest BCUT2D eigenvalue weighted by Crippen LogP contribution is 2.35. The van der Waals surface area contributed by atoms with E-state index in [-0.39, 0.29) is 18.0 Å². The second-order valence-corrected chi connectivity index (χ2v) is 11.3. The monoisotopic (exact) mass is 615 g/mol. The van der Waals surface area contributed by atoms with E-state index in [0.717, 1.165) is 43.2 Å². The predicted octanol–water partition coefficient (Wildman–Crippen LogP) is 5.31. The first kappa shape index (κ1) is 31.5. The van der Waals surface area contributed by atoms with E-state index in [1.54, 1.807) is 11.5 Å². The first-order valence-corrected chi connectivity index (χ1v) is 14.9. The van der Waals surface area contributed by atoms with Gasteiger partial charge in [0.05, 0.1) is 13.7 Å². The van der Waals surface area contributed by atoms with Crippen molar-refractivity contribution in [3.05, 3.63) is 66.3 Å². The van der Waals surface area contributed by atoms with Crippen LogP contribution in [-0.4, -0.2) is 48.2 Å². The van der Waals surface area contributed by atoms with Crippen LogP contribution in [0.5, 0.6) is 11.6 Å². The molecule has 14 heteroatoms. The average molecular weight is 616 g/mol. The number of methoxy groups -OCH3 is 1. The summed E-state index contributed by atoms with van der Waals surface area (Å²) in [5, 5.41) is 9.28. The molecule has 2 aromatic heterocycles. The minimum absolute atomic E-state index is 0.0520. The first-order chi connectivity index (χ1) is 20.6. The van der Waals surface area contributed by atoms with Crippen molar-refractivity contribution < 1.29 is 36.7 Å². The lowest BCUT2D eigenvalue weighted by molar-refractivity contribution is -0.129. The molecule has 2 aromatic carbocycles. The zero-order valence-electron chi connectivity index (χ0n) is 23.6. The number of anilines is 1. The van der Waals surface area contributed by atoms with E-state index in [2.05, 4.69) is 19.7 Å². The van der Waals surface area contributed by atoms with Gasteiger partial charge in [0.1, 0.15) is 39.8 Å². The van der Waals surface area contributed by atoms with E-state index in [4.69, 9.17) is 14.7 Å². The summed E-state index contributed by atoms with van der Waals surface area (Å²) in [4.78, 5) is 23.3. The summed E-state index contributed by atoms with van der Waals surface area (Å²) in [6, 6.07) is 7.27. The van der Waals surface area contributed by atoms with Crippen molar-refractivity contribution in [2.75, 3.05) is 18.4 Å². The molecular formula is C29H31F2N5O6S. The molecule has 0 spiro atoms. The van der Waals surface area contributed by atoms with Crippen LogP contribution in [0.3, 0.4) is 0 Å². The van der Waals surface area contributed by atoms with E-state index in [0.29, 0.717) is 47.2 Å². The number of sulfonamides is 1. The second kappa shape index (κ2) is 14.2. The Hall–Kier alpha value is -4.43. The Labute approximate surface area is 247 Å². The van der Waals surface area contributed by atoms with Gasteiger partial charge in [-0.2, -0.15) is 0 Å². The Morgan fingerprint density at radius 2 is 1.74 bits per heavy atom. The molecule has 43 heavy (non-hydrogen) atoms. The number of nitrogens with zero attached hydrogens (tertiary/aromatic N) is 3. The lowest BCUT2D eigenvalue weighted by Gasteiger charge is -2.15. The van der Waals surface area contributed by atoms with Gasteiger partial charge in [-0.05, 0) is 55.7 Å². The zero-order chi connectivity index (χ0) is 31.0. The second-order valence-electron chi connectivity index (χ2n) is 9.69. The van der Waals surface area contributed by atoms with Crippen LogP contribution in [0.25, 0.3) is 22.0 Å². The fraction of sp³-hybridized carbons (Fsp3) is 0.310. The minimum atomic E-state index is -4.46. The SMILES string of the molecule is COc1ncc(-c2cc(OCCCCCCCC(=O)NO)c3ncnc(C)c3c2)cc1NS(=O)(=O)c1ccc(F)cc1F. The number of hydrogen-bond acceptors (Lipinski definition) is 9. The number of hydroxylamine groups is 1. The Morgan fingerprint density at radius 3 is 2.49 bits per heavy atom. The highest BCUT2D eigenvalue weighted by molar-refractivity contribution is 7.92. The standard InChI is InChI=1S/C29H31F2N5O6S/c1-18-22-12-19(14-25(28(22)34-17-33-18)42-11-7-5-3-4-6-8-27(37)35-38)20-13-24(29(41-2)32-16-20)36-43(39,40)26-10-9-21(30)15-23(26)31/h9-10,12-17,36,38H,3-8,11H2,1-2H3,(H,35,37). The number of rotatable bonds is 14. The number of aryl methyl sites for hydroxylation is 1. The fourth-order valence-corrected chi connectivity index (χ4v) is 5.54. The summed E-state index contributed by atoms with van der Waals surface area (Å²) in [7, 11) is -3.15. The molecule has 0 unspecified atom stereocenters. The van der Waals surface area contributed by atoms with Crippen molar-refractivity contribution in [1.29, 1.82) is 0 Å². The van der Waals surface area contributed by atoms with Crippen molar-refractivity contribution in [3.63, 3.8) is 0 Å². The van der Waals surface area contributed by atoms with E-state index in [9.17, 15) is 22.0 Å². The maximum Gasteiger partial charge on any atom is 0.264 e. The number of fused-ring (bicyclic) bond motifs is 1. The maximum absolute atomic E-state index is 14.3. The van der Waals surface area contributed by atoms with Crippen molar-refractivity contribution in [1.82, 2.24) is 20.4 Å². The average Bonchev–Trinajstić information content (AvgIpc) is 2.98. The van der Waals surface area contributed by atoms with E-state index in [1.807, 2.05) is 13.0 Å². The number of amides is 1. The molecule has 0 bridgehead atoms. The van der Waals surface area contributed by atoms with Crippen LogP contribution in [0.2, 0.25) is 0 Å². The molecule has 0 atom stereocenters. The quantitative estimate of drug-likeness (QED) is 0.0973. The number of carbonyl (C=O) groups excluding carboxylic acids is 1. The number of halogens is 2. The summed E-state index contributed by atoms with van der Waals surface area (Å²) in [6.07, 6.45) is 7.30. The first-order valence-electron chi connectivity index (χ1n) is 13.5. The Morgan fingerprint density at radius 1 is 0.977 bits per heavy atom. The van der Waals surface area contributed by atoms with Crippen LogP contribution in [0.15, 0.2) is 53.8 Å². The number of benzene rings is 2. The number of nitrogens with one attached hydrogen (secondary N) is 2. The van der Waals surface area contributed by atoms with Crippen molar-refractivity contribution in [2.45, 2.75) is 50.3 Å². The molecule has 0 aliphatic rings. The van der Waals surface area contributed by atoms with Crippen LogP contribution in [0, 0.1) is 18.6 Å². The molecule has 2 heterocycles. The van der Waals surface area contributed by atoms with Crippen LogP contribution in [0.4, 0.5) is 14.5 Å². The van der Waals surface area contributed by atoms with Gasteiger partial charge >= 0.3 is 0 Å². The Kier molecular flexibility index (Phi) is 10.4. The number of pyridine rings is 1. The maximum atomic E-state index is 14.3. The molecule has 1 amide bonds. The van der Waals surface area contributed by atoms with E-state index < -0.39 is 32.5 Å². The summed E-state index contributed by atoms with van der Waals surface area (Å²) in [5.41, 5.74) is 4.02. The Balaban J connectivity index is 1.57. The third-order valence-corrected chi connectivity index (χ3v) is 8.04. The normalized spacial score (nSPS) is 11.4. The fourth-order valence-electron chi connectivity index (χ4n) is 4.43. The number of ether oxygens (including phenoxy) is 2. The summed E-state index contributed by atoms with van der Waals surface area (Å²) in [5.74, 6) is -2.09. The van der Waals surface area contributed by atoms with Gasteiger partial charge in [-0.1, -0.05) is 19.3 Å². The molecule has 228 valence electrons. The van der Waals surface area contributed by atoms with Crippen molar-refractivity contribution in [3.8, 4) is 22.8 Å². The molecule has 4 rings (SSSR count). The molecule has 0 radical (unpaired) electrons. The zero-order valence-corrected chi connectivity index (χ0v) is 24.4. The van der Waals surface area contributed by atoms with Crippen LogP contribution >= 0.6 is 0 Å². The molecular weight excluding hydrogens is 584 g/mol. The van der Waals surface area contributed by atoms with Crippen LogP contribution in [0.1, 0.15) is 44.2 Å². The van der Waals surface area contributed by atoms with Gasteiger partial charge in [-0.25, -0.2) is 37.6 Å². The third-order valence-electron chi connectivity index (χ3n) is 6.64. The largest absolute Gasteiger partial charge is 0.491 e. The van der Waals surface area contributed by atoms with Gasteiger partial charge in [-0.15, -0.1) is 0 Å². The highest BCUT2D eigenvalue weighted by Gasteiger charge is 2.22. The van der Waals surface area contributed by atoms with Crippen molar-refractivity contribution in [2.24, 2.45) is 0 Å². The van der Waals surface area contributed by atoms with Gasteiger partial charge in [0.25, 0.3) is 10.0 Å².